The first-order chi connectivity index (χ1) is 15.1. The molecule has 2 aliphatic heterocycles. The number of morpholine rings is 1. The van der Waals surface area contributed by atoms with Gasteiger partial charge in [-0.2, -0.15) is 13.2 Å². The summed E-state index contributed by atoms with van der Waals surface area (Å²) < 4.78 is 60.1. The molecule has 32 heavy (non-hydrogen) atoms. The van der Waals surface area contributed by atoms with Crippen molar-refractivity contribution in [1.29, 1.82) is 5.41 Å². The number of nitrogens with zero attached hydrogens (tertiary/aromatic N) is 3. The highest BCUT2D eigenvalue weighted by atomic mass is 19.4. The molecule has 3 rings (SSSR count). The Balaban J connectivity index is 1.70. The summed E-state index contributed by atoms with van der Waals surface area (Å²) >= 11 is 0. The van der Waals surface area contributed by atoms with E-state index < -0.39 is 35.3 Å². The number of piperidine rings is 1. The van der Waals surface area contributed by atoms with Crippen molar-refractivity contribution in [3.63, 3.8) is 0 Å². The number of carbonyl (C=O) groups excluding carboxylic acids is 1. The molecule has 1 amide bonds. The summed E-state index contributed by atoms with van der Waals surface area (Å²) in [6.07, 6.45) is -0.853. The topological polar surface area (TPSA) is 69.5 Å². The molecule has 0 aromatic carbocycles. The number of rotatable bonds is 6. The van der Waals surface area contributed by atoms with E-state index in [0.29, 0.717) is 32.5 Å². The maximum Gasteiger partial charge on any atom is 0.435 e. The average molecular weight is 454 g/mol. The highest BCUT2D eigenvalue weighted by Gasteiger charge is 2.48. The zero-order valence-corrected chi connectivity index (χ0v) is 17.8. The molecular weight excluding hydrogens is 428 g/mol. The maximum absolute atomic E-state index is 13.6. The molecular formula is C22H26F4N4O2. The molecule has 1 N–H and O–H groups in total. The summed E-state index contributed by atoms with van der Waals surface area (Å²) in [6.45, 7) is 6.56. The standard InChI is InChI=1S/C22H26F4N4O2/c1-3-5-16(23)17(27)7-11-29-12-8-21(9-13-29)14-30(20(31)15(2)32-21)18-6-4-10-28-19(18)22(24,25)26/h3-6,10,15,27H,1,7-9,11-14H2,2H3/b16-5+,27-17?. The smallest absolute Gasteiger partial charge is 0.360 e. The van der Waals surface area contributed by atoms with E-state index in [2.05, 4.69) is 16.5 Å². The molecule has 2 fully saturated rings. The van der Waals surface area contributed by atoms with Crippen molar-refractivity contribution in [1.82, 2.24) is 9.88 Å². The number of aromatic nitrogens is 1. The van der Waals surface area contributed by atoms with Gasteiger partial charge in [0.05, 0.1) is 23.5 Å². The van der Waals surface area contributed by atoms with Gasteiger partial charge in [0.15, 0.2) is 5.69 Å². The van der Waals surface area contributed by atoms with E-state index in [1.165, 1.54) is 18.2 Å². The molecule has 2 aliphatic rings. The predicted molar refractivity (Wildman–Crippen MR) is 112 cm³/mol. The summed E-state index contributed by atoms with van der Waals surface area (Å²) in [5.41, 5.74) is -2.24. The van der Waals surface area contributed by atoms with Gasteiger partial charge in [-0.15, -0.1) is 0 Å². The van der Waals surface area contributed by atoms with Crippen LogP contribution in [0.5, 0.6) is 0 Å². The Labute approximate surface area is 184 Å². The van der Waals surface area contributed by atoms with E-state index in [4.69, 9.17) is 10.1 Å². The first-order valence-corrected chi connectivity index (χ1v) is 10.4. The second-order valence-corrected chi connectivity index (χ2v) is 8.06. The molecule has 1 aromatic rings. The number of likely N-dealkylation sites (tertiary alicyclic amines) is 1. The van der Waals surface area contributed by atoms with Crippen LogP contribution in [0.3, 0.4) is 0 Å². The van der Waals surface area contributed by atoms with Crippen LogP contribution in [0, 0.1) is 5.41 Å². The van der Waals surface area contributed by atoms with E-state index in [0.717, 1.165) is 17.2 Å². The Kier molecular flexibility index (Phi) is 7.14. The van der Waals surface area contributed by atoms with Gasteiger partial charge in [0.25, 0.3) is 5.91 Å². The van der Waals surface area contributed by atoms with E-state index in [-0.39, 0.29) is 24.4 Å². The summed E-state index contributed by atoms with van der Waals surface area (Å²) in [5.74, 6) is -1.15. The molecule has 0 radical (unpaired) electrons. The fourth-order valence-electron chi connectivity index (χ4n) is 4.14. The lowest BCUT2D eigenvalue weighted by Crippen LogP contribution is -2.62. The third-order valence-corrected chi connectivity index (χ3v) is 5.83. The average Bonchev–Trinajstić information content (AvgIpc) is 2.75. The minimum atomic E-state index is -4.69. The van der Waals surface area contributed by atoms with Crippen LogP contribution < -0.4 is 4.90 Å². The minimum absolute atomic E-state index is 0.00526. The summed E-state index contributed by atoms with van der Waals surface area (Å²) in [7, 11) is 0. The Morgan fingerprint density at radius 3 is 2.72 bits per heavy atom. The zero-order valence-electron chi connectivity index (χ0n) is 17.8. The number of carbonyl (C=O) groups is 1. The van der Waals surface area contributed by atoms with Crippen molar-refractivity contribution < 1.29 is 27.1 Å². The lowest BCUT2D eigenvalue weighted by atomic mass is 9.88. The van der Waals surface area contributed by atoms with Gasteiger partial charge in [0, 0.05) is 32.3 Å². The van der Waals surface area contributed by atoms with Crippen molar-refractivity contribution in [3.05, 3.63) is 48.6 Å². The fraction of sp³-hybridized carbons (Fsp3) is 0.500. The van der Waals surface area contributed by atoms with E-state index in [1.807, 2.05) is 0 Å². The minimum Gasteiger partial charge on any atom is -0.360 e. The summed E-state index contributed by atoms with van der Waals surface area (Å²) in [6, 6.07) is 2.63. The monoisotopic (exact) mass is 454 g/mol. The summed E-state index contributed by atoms with van der Waals surface area (Å²) in [4.78, 5) is 19.4. The van der Waals surface area contributed by atoms with Gasteiger partial charge in [-0.3, -0.25) is 4.79 Å². The first kappa shape index (κ1) is 24.1. The highest BCUT2D eigenvalue weighted by Crippen LogP contribution is 2.39. The summed E-state index contributed by atoms with van der Waals surface area (Å²) in [5, 5.41) is 7.76. The molecule has 1 spiro atoms. The van der Waals surface area contributed by atoms with Gasteiger partial charge in [-0.25, -0.2) is 9.37 Å². The van der Waals surface area contributed by atoms with Gasteiger partial charge >= 0.3 is 6.18 Å². The van der Waals surface area contributed by atoms with Gasteiger partial charge < -0.3 is 19.9 Å². The quantitative estimate of drug-likeness (QED) is 0.399. The number of anilines is 1. The third kappa shape index (κ3) is 5.24. The second-order valence-electron chi connectivity index (χ2n) is 8.06. The number of ether oxygens (including phenoxy) is 1. The number of halogens is 4. The first-order valence-electron chi connectivity index (χ1n) is 10.4. The normalized spacial score (nSPS) is 22.3. The molecule has 174 valence electrons. The van der Waals surface area contributed by atoms with Crippen LogP contribution in [0.25, 0.3) is 0 Å². The van der Waals surface area contributed by atoms with Crippen LogP contribution in [0.2, 0.25) is 0 Å². The van der Waals surface area contributed by atoms with Crippen molar-refractivity contribution in [3.8, 4) is 0 Å². The maximum atomic E-state index is 13.6. The van der Waals surface area contributed by atoms with Gasteiger partial charge in [-0.05, 0) is 38.0 Å². The van der Waals surface area contributed by atoms with Crippen LogP contribution >= 0.6 is 0 Å². The van der Waals surface area contributed by atoms with Crippen LogP contribution in [0.15, 0.2) is 42.9 Å². The van der Waals surface area contributed by atoms with Gasteiger partial charge in [-0.1, -0.05) is 12.7 Å². The molecule has 0 bridgehead atoms. The number of amides is 1. The number of alkyl halides is 3. The number of pyridine rings is 1. The molecule has 6 nitrogen and oxygen atoms in total. The van der Waals surface area contributed by atoms with E-state index in [9.17, 15) is 22.4 Å². The molecule has 1 atom stereocenters. The van der Waals surface area contributed by atoms with Crippen LogP contribution in [-0.2, 0) is 15.7 Å². The number of hydrogen-bond donors (Lipinski definition) is 1. The SMILES string of the molecule is C=C/C=C(/F)C(=N)CCN1CCC2(CC1)CN(c1cccnc1C(F)(F)F)C(=O)C(C)O2. The van der Waals surface area contributed by atoms with Crippen molar-refractivity contribution in [2.24, 2.45) is 0 Å². The lowest BCUT2D eigenvalue weighted by molar-refractivity contribution is -0.162. The second kappa shape index (κ2) is 9.50. The lowest BCUT2D eigenvalue weighted by Gasteiger charge is -2.49. The molecule has 0 saturated carbocycles. The van der Waals surface area contributed by atoms with Gasteiger partial charge in [0.1, 0.15) is 11.9 Å². The molecule has 2 saturated heterocycles. The van der Waals surface area contributed by atoms with Crippen LogP contribution in [-0.4, -0.2) is 59.4 Å². The predicted octanol–water partition coefficient (Wildman–Crippen LogP) is 4.14. The molecule has 1 aromatic heterocycles. The van der Waals surface area contributed by atoms with E-state index >= 15 is 0 Å². The Morgan fingerprint density at radius 2 is 2.09 bits per heavy atom. The van der Waals surface area contributed by atoms with Crippen LogP contribution in [0.4, 0.5) is 23.2 Å². The van der Waals surface area contributed by atoms with E-state index in [1.54, 1.807) is 6.92 Å². The Bertz CT molecular complexity index is 907. The number of nitrogens with one attached hydrogen (secondary N) is 1. The molecule has 10 heteroatoms. The van der Waals surface area contributed by atoms with Crippen LogP contribution in [0.1, 0.15) is 31.9 Å². The van der Waals surface area contributed by atoms with Crippen molar-refractivity contribution in [2.45, 2.75) is 44.1 Å². The largest absolute Gasteiger partial charge is 0.435 e. The molecule has 0 aliphatic carbocycles. The number of allylic oxidation sites excluding steroid dienone is 3. The van der Waals surface area contributed by atoms with Gasteiger partial charge in [0.2, 0.25) is 0 Å². The third-order valence-electron chi connectivity index (χ3n) is 5.83. The molecule has 3 heterocycles. The zero-order chi connectivity index (χ0) is 23.5. The number of hydrogen-bond acceptors (Lipinski definition) is 5. The van der Waals surface area contributed by atoms with Crippen molar-refractivity contribution >= 4 is 17.3 Å². The molecule has 1 unspecified atom stereocenters. The Morgan fingerprint density at radius 1 is 1.41 bits per heavy atom. The van der Waals surface area contributed by atoms with Crippen molar-refractivity contribution in [2.75, 3.05) is 31.1 Å². The fourth-order valence-corrected chi connectivity index (χ4v) is 4.14. The highest BCUT2D eigenvalue weighted by molar-refractivity contribution is 5.98. The Hall–Kier alpha value is -2.59.